The molecule has 0 heterocycles. The van der Waals surface area contributed by atoms with E-state index in [1.807, 2.05) is 54.6 Å². The van der Waals surface area contributed by atoms with Gasteiger partial charge in [0.05, 0.1) is 14.2 Å². The average molecular weight is 285 g/mol. The molecule has 0 radical (unpaired) electrons. The SMILES string of the molecule is COC(=O)C(C)(Nc1cccc(OC)c1)c1ccccc1. The third-order valence-corrected chi connectivity index (χ3v) is 3.41. The summed E-state index contributed by atoms with van der Waals surface area (Å²) in [4.78, 5) is 12.3. The third-order valence-electron chi connectivity index (χ3n) is 3.41. The number of methoxy groups -OCH3 is 2. The molecule has 0 saturated heterocycles. The number of anilines is 1. The zero-order valence-corrected chi connectivity index (χ0v) is 12.4. The van der Waals surface area contributed by atoms with Gasteiger partial charge in [-0.1, -0.05) is 36.4 Å². The minimum Gasteiger partial charge on any atom is -0.497 e. The molecule has 0 aliphatic heterocycles. The number of esters is 1. The van der Waals surface area contributed by atoms with Gasteiger partial charge in [0.15, 0.2) is 5.54 Å². The Hall–Kier alpha value is -2.49. The van der Waals surface area contributed by atoms with Crippen molar-refractivity contribution in [3.8, 4) is 5.75 Å². The van der Waals surface area contributed by atoms with Gasteiger partial charge in [-0.2, -0.15) is 0 Å². The fourth-order valence-electron chi connectivity index (χ4n) is 2.21. The summed E-state index contributed by atoms with van der Waals surface area (Å²) >= 11 is 0. The van der Waals surface area contributed by atoms with Crippen LogP contribution in [0.3, 0.4) is 0 Å². The van der Waals surface area contributed by atoms with Gasteiger partial charge in [0.25, 0.3) is 0 Å². The van der Waals surface area contributed by atoms with Crippen molar-refractivity contribution in [3.05, 3.63) is 60.2 Å². The van der Waals surface area contributed by atoms with Gasteiger partial charge in [-0.25, -0.2) is 4.79 Å². The number of carbonyl (C=O) groups excluding carboxylic acids is 1. The molecule has 1 N–H and O–H groups in total. The highest BCUT2D eigenvalue weighted by molar-refractivity contribution is 5.85. The third kappa shape index (κ3) is 3.16. The lowest BCUT2D eigenvalue weighted by Gasteiger charge is -2.29. The van der Waals surface area contributed by atoms with Crippen LogP contribution < -0.4 is 10.1 Å². The quantitative estimate of drug-likeness (QED) is 0.857. The van der Waals surface area contributed by atoms with Crippen LogP contribution in [0.25, 0.3) is 0 Å². The van der Waals surface area contributed by atoms with Crippen LogP contribution in [0.1, 0.15) is 12.5 Å². The van der Waals surface area contributed by atoms with Crippen molar-refractivity contribution < 1.29 is 14.3 Å². The zero-order chi connectivity index (χ0) is 15.3. The second-order valence-electron chi connectivity index (χ2n) is 4.84. The van der Waals surface area contributed by atoms with Crippen LogP contribution in [-0.4, -0.2) is 20.2 Å². The summed E-state index contributed by atoms with van der Waals surface area (Å²) in [5.41, 5.74) is 0.647. The van der Waals surface area contributed by atoms with Crippen molar-refractivity contribution in [1.29, 1.82) is 0 Å². The van der Waals surface area contributed by atoms with Gasteiger partial charge in [-0.3, -0.25) is 0 Å². The molecule has 4 heteroatoms. The van der Waals surface area contributed by atoms with Crippen LogP contribution in [0.4, 0.5) is 5.69 Å². The van der Waals surface area contributed by atoms with Crippen molar-refractivity contribution in [2.45, 2.75) is 12.5 Å². The van der Waals surface area contributed by atoms with Crippen LogP contribution in [0.15, 0.2) is 54.6 Å². The van der Waals surface area contributed by atoms with E-state index >= 15 is 0 Å². The number of hydrogen-bond acceptors (Lipinski definition) is 4. The van der Waals surface area contributed by atoms with Crippen LogP contribution in [-0.2, 0) is 15.1 Å². The minimum absolute atomic E-state index is 0.350. The first-order valence-electron chi connectivity index (χ1n) is 6.66. The normalized spacial score (nSPS) is 13.1. The summed E-state index contributed by atoms with van der Waals surface area (Å²) in [6, 6.07) is 16.9. The number of nitrogens with one attached hydrogen (secondary N) is 1. The molecule has 4 nitrogen and oxygen atoms in total. The molecule has 1 unspecified atom stereocenters. The van der Waals surface area contributed by atoms with E-state index in [0.29, 0.717) is 0 Å². The molecule has 2 aromatic rings. The molecule has 21 heavy (non-hydrogen) atoms. The Morgan fingerprint density at radius 1 is 1.05 bits per heavy atom. The first-order chi connectivity index (χ1) is 10.1. The van der Waals surface area contributed by atoms with E-state index in [0.717, 1.165) is 17.0 Å². The summed E-state index contributed by atoms with van der Waals surface area (Å²) in [5.74, 6) is 0.372. The topological polar surface area (TPSA) is 47.6 Å². The molecule has 0 aliphatic carbocycles. The number of carbonyl (C=O) groups is 1. The molecule has 0 fully saturated rings. The number of rotatable bonds is 5. The molecular weight excluding hydrogens is 266 g/mol. The Bertz CT molecular complexity index is 612. The van der Waals surface area contributed by atoms with Gasteiger partial charge < -0.3 is 14.8 Å². The van der Waals surface area contributed by atoms with E-state index in [1.54, 1.807) is 14.0 Å². The molecule has 0 spiro atoms. The monoisotopic (exact) mass is 285 g/mol. The van der Waals surface area contributed by atoms with Gasteiger partial charge in [0.1, 0.15) is 5.75 Å². The Labute approximate surface area is 124 Å². The van der Waals surface area contributed by atoms with Gasteiger partial charge in [-0.05, 0) is 24.6 Å². The maximum absolute atomic E-state index is 12.3. The molecule has 0 amide bonds. The highest BCUT2D eigenvalue weighted by Gasteiger charge is 2.36. The molecule has 0 bridgehead atoms. The Kier molecular flexibility index (Phi) is 4.48. The van der Waals surface area contributed by atoms with E-state index < -0.39 is 5.54 Å². The lowest BCUT2D eigenvalue weighted by Crippen LogP contribution is -2.41. The van der Waals surface area contributed by atoms with Crippen molar-refractivity contribution in [2.24, 2.45) is 0 Å². The van der Waals surface area contributed by atoms with Gasteiger partial charge in [-0.15, -0.1) is 0 Å². The highest BCUT2D eigenvalue weighted by atomic mass is 16.5. The van der Waals surface area contributed by atoms with Gasteiger partial charge >= 0.3 is 5.97 Å². The van der Waals surface area contributed by atoms with Crippen molar-refractivity contribution in [2.75, 3.05) is 19.5 Å². The summed E-state index contributed by atoms with van der Waals surface area (Å²) in [6.45, 7) is 1.80. The van der Waals surface area contributed by atoms with Gasteiger partial charge in [0.2, 0.25) is 0 Å². The Balaban J connectivity index is 2.39. The highest BCUT2D eigenvalue weighted by Crippen LogP contribution is 2.29. The molecule has 1 atom stereocenters. The first kappa shape index (κ1) is 14.9. The molecule has 110 valence electrons. The Morgan fingerprint density at radius 3 is 2.38 bits per heavy atom. The first-order valence-corrected chi connectivity index (χ1v) is 6.66. The van der Waals surface area contributed by atoms with Crippen molar-refractivity contribution >= 4 is 11.7 Å². The van der Waals surface area contributed by atoms with E-state index in [1.165, 1.54) is 7.11 Å². The number of benzene rings is 2. The number of ether oxygens (including phenoxy) is 2. The molecule has 2 aromatic carbocycles. The van der Waals surface area contributed by atoms with E-state index in [-0.39, 0.29) is 5.97 Å². The van der Waals surface area contributed by atoms with Crippen LogP contribution in [0, 0.1) is 0 Å². The van der Waals surface area contributed by atoms with Crippen LogP contribution >= 0.6 is 0 Å². The number of hydrogen-bond donors (Lipinski definition) is 1. The fourth-order valence-corrected chi connectivity index (χ4v) is 2.21. The average Bonchev–Trinajstić information content (AvgIpc) is 2.54. The summed E-state index contributed by atoms with van der Waals surface area (Å²) in [5, 5.41) is 3.24. The summed E-state index contributed by atoms with van der Waals surface area (Å²) < 4.78 is 10.2. The predicted octanol–water partition coefficient (Wildman–Crippen LogP) is 3.20. The molecule has 0 aromatic heterocycles. The maximum Gasteiger partial charge on any atom is 0.335 e. The predicted molar refractivity (Wildman–Crippen MR) is 82.4 cm³/mol. The molecule has 0 aliphatic rings. The lowest BCUT2D eigenvalue weighted by molar-refractivity contribution is -0.145. The summed E-state index contributed by atoms with van der Waals surface area (Å²) in [7, 11) is 2.99. The lowest BCUT2D eigenvalue weighted by atomic mass is 9.91. The zero-order valence-electron chi connectivity index (χ0n) is 12.4. The van der Waals surface area contributed by atoms with E-state index in [2.05, 4.69) is 5.32 Å². The molecule has 2 rings (SSSR count). The second kappa shape index (κ2) is 6.31. The molecular formula is C17H19NO3. The smallest absolute Gasteiger partial charge is 0.335 e. The van der Waals surface area contributed by atoms with E-state index in [4.69, 9.17) is 9.47 Å². The van der Waals surface area contributed by atoms with E-state index in [9.17, 15) is 4.79 Å². The van der Waals surface area contributed by atoms with Crippen LogP contribution in [0.2, 0.25) is 0 Å². The van der Waals surface area contributed by atoms with Crippen molar-refractivity contribution in [1.82, 2.24) is 0 Å². The van der Waals surface area contributed by atoms with Crippen molar-refractivity contribution in [3.63, 3.8) is 0 Å². The maximum atomic E-state index is 12.3. The molecule has 0 saturated carbocycles. The minimum atomic E-state index is -0.970. The Morgan fingerprint density at radius 2 is 1.76 bits per heavy atom. The summed E-state index contributed by atoms with van der Waals surface area (Å²) in [6.07, 6.45) is 0. The largest absolute Gasteiger partial charge is 0.497 e. The fraction of sp³-hybridized carbons (Fsp3) is 0.235. The van der Waals surface area contributed by atoms with Gasteiger partial charge in [0, 0.05) is 11.8 Å². The van der Waals surface area contributed by atoms with Crippen LogP contribution in [0.5, 0.6) is 5.75 Å². The standard InChI is InChI=1S/C17H19NO3/c1-17(16(19)21-3,13-8-5-4-6-9-13)18-14-10-7-11-15(12-14)20-2/h4-12,18H,1-3H3. The second-order valence-corrected chi connectivity index (χ2v) is 4.84.